The van der Waals surface area contributed by atoms with Crippen LogP contribution < -0.4 is 5.43 Å². The molecule has 5 nitrogen and oxygen atoms in total. The highest BCUT2D eigenvalue weighted by atomic mass is 16.3. The van der Waals surface area contributed by atoms with Crippen molar-refractivity contribution in [3.05, 3.63) is 58.4 Å². The molecule has 0 bridgehead atoms. The van der Waals surface area contributed by atoms with Crippen molar-refractivity contribution >= 4 is 17.3 Å². The van der Waals surface area contributed by atoms with Gasteiger partial charge in [0.15, 0.2) is 0 Å². The van der Waals surface area contributed by atoms with Crippen LogP contribution in [0.25, 0.3) is 22.1 Å². The number of carbonyl (C=O) groups is 1. The van der Waals surface area contributed by atoms with Gasteiger partial charge in [-0.2, -0.15) is 0 Å². The molecular weight excluding hydrogens is 272 g/mol. The van der Waals surface area contributed by atoms with Crippen LogP contribution in [0, 0.1) is 0 Å². The van der Waals surface area contributed by atoms with Crippen molar-refractivity contribution in [1.82, 2.24) is 0 Å². The number of fused-ring (bicyclic) bond motifs is 1. The van der Waals surface area contributed by atoms with Gasteiger partial charge < -0.3 is 14.6 Å². The fourth-order valence-corrected chi connectivity index (χ4v) is 2.16. The summed E-state index contributed by atoms with van der Waals surface area (Å²) in [6, 6.07) is 8.76. The molecule has 1 aromatic heterocycles. The second-order valence-corrected chi connectivity index (χ2v) is 4.56. The third kappa shape index (κ3) is 2.14. The lowest BCUT2D eigenvalue weighted by Crippen LogP contribution is -2.05. The van der Waals surface area contributed by atoms with Crippen molar-refractivity contribution in [2.75, 3.05) is 0 Å². The van der Waals surface area contributed by atoms with E-state index in [1.54, 1.807) is 24.3 Å². The Balaban J connectivity index is 2.26. The molecule has 0 aliphatic heterocycles. The Bertz CT molecular complexity index is 891. The minimum absolute atomic E-state index is 0.00441. The smallest absolute Gasteiger partial charge is 0.204 e. The summed E-state index contributed by atoms with van der Waals surface area (Å²) < 4.78 is 5.31. The predicted molar refractivity (Wildman–Crippen MR) is 76.6 cm³/mol. The quantitative estimate of drug-likeness (QED) is 0.705. The van der Waals surface area contributed by atoms with Crippen molar-refractivity contribution in [3.63, 3.8) is 0 Å². The molecule has 0 saturated carbocycles. The molecule has 104 valence electrons. The number of hydrogen-bond acceptors (Lipinski definition) is 5. The fourth-order valence-electron chi connectivity index (χ4n) is 2.16. The Kier molecular flexibility index (Phi) is 2.95. The molecule has 0 unspecified atom stereocenters. The van der Waals surface area contributed by atoms with E-state index in [0.29, 0.717) is 17.4 Å². The molecule has 1 heterocycles. The molecule has 0 amide bonds. The van der Waals surface area contributed by atoms with E-state index in [4.69, 9.17) is 4.42 Å². The van der Waals surface area contributed by atoms with Crippen LogP contribution >= 0.6 is 0 Å². The highest BCUT2D eigenvalue weighted by Crippen LogP contribution is 2.29. The molecule has 5 heteroatoms. The zero-order valence-electron chi connectivity index (χ0n) is 10.7. The van der Waals surface area contributed by atoms with Gasteiger partial charge in [-0.1, -0.05) is 24.3 Å². The van der Waals surface area contributed by atoms with E-state index in [-0.39, 0.29) is 28.0 Å². The summed E-state index contributed by atoms with van der Waals surface area (Å²) in [5.74, 6) is -0.531. The molecule has 3 aromatic rings. The van der Waals surface area contributed by atoms with E-state index < -0.39 is 5.43 Å². The minimum atomic E-state index is -0.410. The summed E-state index contributed by atoms with van der Waals surface area (Å²) in [5, 5.41) is 19.2. The number of rotatable bonds is 2. The number of benzene rings is 2. The van der Waals surface area contributed by atoms with Gasteiger partial charge in [-0.15, -0.1) is 0 Å². The van der Waals surface area contributed by atoms with E-state index in [1.807, 2.05) is 0 Å². The number of carbonyl (C=O) groups excluding carboxylic acids is 1. The molecule has 2 aromatic carbocycles. The van der Waals surface area contributed by atoms with Crippen molar-refractivity contribution in [3.8, 4) is 22.6 Å². The van der Waals surface area contributed by atoms with Crippen LogP contribution in [0.1, 0.15) is 10.4 Å². The largest absolute Gasteiger partial charge is 0.508 e. The highest BCUT2D eigenvalue weighted by Gasteiger charge is 2.13. The Morgan fingerprint density at radius 1 is 1.05 bits per heavy atom. The molecule has 21 heavy (non-hydrogen) atoms. The van der Waals surface area contributed by atoms with Crippen LogP contribution in [-0.2, 0) is 0 Å². The van der Waals surface area contributed by atoms with E-state index in [0.717, 1.165) is 6.07 Å². The molecule has 0 aliphatic carbocycles. The van der Waals surface area contributed by atoms with Crippen LogP contribution in [0.3, 0.4) is 0 Å². The first kappa shape index (κ1) is 12.9. The van der Waals surface area contributed by atoms with Crippen LogP contribution in [-0.4, -0.2) is 16.5 Å². The first-order valence-electron chi connectivity index (χ1n) is 6.13. The molecule has 2 N–H and O–H groups in total. The molecule has 0 fully saturated rings. The lowest BCUT2D eigenvalue weighted by Gasteiger charge is -2.05. The van der Waals surface area contributed by atoms with Gasteiger partial charge in [0.1, 0.15) is 35.0 Å². The summed E-state index contributed by atoms with van der Waals surface area (Å²) in [6.45, 7) is 0. The van der Waals surface area contributed by atoms with Crippen molar-refractivity contribution < 1.29 is 19.4 Å². The highest BCUT2D eigenvalue weighted by molar-refractivity contribution is 5.88. The summed E-state index contributed by atoms with van der Waals surface area (Å²) in [5.41, 5.74) is 1.03. The summed E-state index contributed by atoms with van der Waals surface area (Å²) in [6.07, 6.45) is 1.97. The van der Waals surface area contributed by atoms with Gasteiger partial charge in [0.05, 0.1) is 5.56 Å². The maximum atomic E-state index is 12.4. The topological polar surface area (TPSA) is 87.7 Å². The normalized spacial score (nSPS) is 10.7. The van der Waals surface area contributed by atoms with Crippen LogP contribution in [0.4, 0.5) is 0 Å². The number of phenolic OH excluding ortho intramolecular Hbond substituents is 2. The molecule has 0 saturated heterocycles. The second kappa shape index (κ2) is 4.79. The third-order valence-electron chi connectivity index (χ3n) is 3.20. The van der Waals surface area contributed by atoms with Crippen molar-refractivity contribution in [1.29, 1.82) is 0 Å². The lowest BCUT2D eigenvalue weighted by molar-refractivity contribution is 0.112. The molecule has 0 aliphatic rings. The number of aromatic hydroxyl groups is 2. The number of phenols is 2. The first-order valence-corrected chi connectivity index (χ1v) is 6.13. The Morgan fingerprint density at radius 2 is 1.76 bits per heavy atom. The second-order valence-electron chi connectivity index (χ2n) is 4.56. The molecule has 0 spiro atoms. The monoisotopic (exact) mass is 282 g/mol. The van der Waals surface area contributed by atoms with Gasteiger partial charge in [-0.25, -0.2) is 0 Å². The zero-order valence-corrected chi connectivity index (χ0v) is 10.7. The van der Waals surface area contributed by atoms with Gasteiger partial charge in [0.2, 0.25) is 5.43 Å². The summed E-state index contributed by atoms with van der Waals surface area (Å²) >= 11 is 0. The van der Waals surface area contributed by atoms with E-state index in [9.17, 15) is 19.8 Å². The average Bonchev–Trinajstić information content (AvgIpc) is 2.47. The minimum Gasteiger partial charge on any atom is -0.508 e. The number of hydrogen-bond donors (Lipinski definition) is 2. The van der Waals surface area contributed by atoms with Gasteiger partial charge in [0.25, 0.3) is 0 Å². The Hall–Kier alpha value is -3.08. The SMILES string of the molecule is O=Cc1ccc(-c2coc3cc(O)cc(O)c3c2=O)cc1. The van der Waals surface area contributed by atoms with Gasteiger partial charge in [-0.3, -0.25) is 9.59 Å². The first-order chi connectivity index (χ1) is 10.1. The Morgan fingerprint density at radius 3 is 2.43 bits per heavy atom. The van der Waals surface area contributed by atoms with Crippen molar-refractivity contribution in [2.45, 2.75) is 0 Å². The fraction of sp³-hybridized carbons (Fsp3) is 0. The average molecular weight is 282 g/mol. The summed E-state index contributed by atoms with van der Waals surface area (Å²) in [4.78, 5) is 23.1. The maximum Gasteiger partial charge on any atom is 0.204 e. The van der Waals surface area contributed by atoms with Crippen molar-refractivity contribution in [2.24, 2.45) is 0 Å². The number of aldehydes is 1. The summed E-state index contributed by atoms with van der Waals surface area (Å²) in [7, 11) is 0. The van der Waals surface area contributed by atoms with Gasteiger partial charge in [0, 0.05) is 17.7 Å². The third-order valence-corrected chi connectivity index (χ3v) is 3.20. The molecule has 0 radical (unpaired) electrons. The molecule has 0 atom stereocenters. The standard InChI is InChI=1S/C16H10O5/c17-7-9-1-3-10(4-2-9)12-8-21-14-6-11(18)5-13(19)15(14)16(12)20/h1-8,18-19H. The van der Waals surface area contributed by atoms with Crippen LogP contribution in [0.5, 0.6) is 11.5 Å². The van der Waals surface area contributed by atoms with E-state index >= 15 is 0 Å². The lowest BCUT2D eigenvalue weighted by atomic mass is 10.0. The van der Waals surface area contributed by atoms with E-state index in [2.05, 4.69) is 0 Å². The van der Waals surface area contributed by atoms with E-state index in [1.165, 1.54) is 12.3 Å². The van der Waals surface area contributed by atoms with Gasteiger partial charge in [-0.05, 0) is 5.56 Å². The Labute approximate surface area is 118 Å². The molecule has 3 rings (SSSR count). The maximum absolute atomic E-state index is 12.4. The predicted octanol–water partition coefficient (Wildman–Crippen LogP) is 2.68. The zero-order chi connectivity index (χ0) is 15.0. The van der Waals surface area contributed by atoms with Crippen LogP contribution in [0.15, 0.2) is 51.9 Å². The van der Waals surface area contributed by atoms with Gasteiger partial charge >= 0.3 is 0 Å². The molecular formula is C16H10O5. The van der Waals surface area contributed by atoms with Crippen LogP contribution in [0.2, 0.25) is 0 Å².